The van der Waals surface area contributed by atoms with Gasteiger partial charge in [-0.3, -0.25) is 4.55 Å². The zero-order chi connectivity index (χ0) is 13.3. The smallest absolute Gasteiger partial charge is 0.276 e. The lowest BCUT2D eigenvalue weighted by Crippen LogP contribution is -2.39. The summed E-state index contributed by atoms with van der Waals surface area (Å²) in [7, 11) is -4.24. The van der Waals surface area contributed by atoms with Gasteiger partial charge < -0.3 is 0 Å². The molecule has 0 aliphatic rings. The SMILES string of the molecule is CC(C)CC[n+]1c(S(=O)(=O)O)[nH]c2ccccc21. The van der Waals surface area contributed by atoms with Crippen molar-refractivity contribution >= 4 is 21.2 Å². The number of rotatable bonds is 4. The Morgan fingerprint density at radius 1 is 1.33 bits per heavy atom. The van der Waals surface area contributed by atoms with Gasteiger partial charge in [-0.25, -0.2) is 9.55 Å². The van der Waals surface area contributed by atoms with E-state index in [9.17, 15) is 13.0 Å². The van der Waals surface area contributed by atoms with Gasteiger partial charge in [-0.05, 0) is 24.5 Å². The Kier molecular flexibility index (Phi) is 3.41. The number of para-hydroxylation sites is 2. The molecule has 2 aromatic rings. The molecular weight excluding hydrogens is 252 g/mol. The van der Waals surface area contributed by atoms with Crippen LogP contribution in [0.25, 0.3) is 11.0 Å². The van der Waals surface area contributed by atoms with E-state index in [-0.39, 0.29) is 5.16 Å². The summed E-state index contributed by atoms with van der Waals surface area (Å²) in [6.07, 6.45) is 0.842. The summed E-state index contributed by atoms with van der Waals surface area (Å²) in [6, 6.07) is 7.28. The molecule has 1 aromatic carbocycles. The summed E-state index contributed by atoms with van der Waals surface area (Å²) in [5.74, 6) is 0.459. The van der Waals surface area contributed by atoms with Crippen molar-refractivity contribution in [2.75, 3.05) is 0 Å². The van der Waals surface area contributed by atoms with Crippen LogP contribution < -0.4 is 4.57 Å². The van der Waals surface area contributed by atoms with Gasteiger partial charge in [-0.1, -0.05) is 26.0 Å². The van der Waals surface area contributed by atoms with Crippen LogP contribution in [0, 0.1) is 5.92 Å². The van der Waals surface area contributed by atoms with Crippen molar-refractivity contribution in [2.45, 2.75) is 32.0 Å². The molecule has 2 rings (SSSR count). The van der Waals surface area contributed by atoms with Gasteiger partial charge in [0.05, 0.1) is 6.54 Å². The highest BCUT2D eigenvalue weighted by molar-refractivity contribution is 7.85. The second-order valence-corrected chi connectivity index (χ2v) is 6.09. The first-order chi connectivity index (χ1) is 8.39. The summed E-state index contributed by atoms with van der Waals surface area (Å²) < 4.78 is 33.6. The summed E-state index contributed by atoms with van der Waals surface area (Å²) in [6.45, 7) is 4.70. The molecule has 0 radical (unpaired) electrons. The molecule has 0 fully saturated rings. The fourth-order valence-electron chi connectivity index (χ4n) is 1.92. The van der Waals surface area contributed by atoms with Crippen molar-refractivity contribution < 1.29 is 17.5 Å². The Bertz CT molecular complexity index is 659. The van der Waals surface area contributed by atoms with Crippen LogP contribution in [0.5, 0.6) is 0 Å². The lowest BCUT2D eigenvalue weighted by molar-refractivity contribution is -0.710. The third kappa shape index (κ3) is 2.54. The Morgan fingerprint density at radius 3 is 2.61 bits per heavy atom. The fourth-order valence-corrected chi connectivity index (χ4v) is 2.63. The fraction of sp³-hybridized carbons (Fsp3) is 0.417. The molecule has 0 aliphatic carbocycles. The van der Waals surface area contributed by atoms with Gasteiger partial charge in [0.1, 0.15) is 0 Å². The van der Waals surface area contributed by atoms with E-state index in [4.69, 9.17) is 0 Å². The van der Waals surface area contributed by atoms with Crippen LogP contribution in [0.4, 0.5) is 0 Å². The topological polar surface area (TPSA) is 74.0 Å². The monoisotopic (exact) mass is 269 g/mol. The van der Waals surface area contributed by atoms with E-state index in [1.165, 1.54) is 0 Å². The maximum atomic E-state index is 11.4. The molecule has 0 aliphatic heterocycles. The number of aromatic amines is 1. The lowest BCUT2D eigenvalue weighted by atomic mass is 10.1. The van der Waals surface area contributed by atoms with Crippen LogP contribution >= 0.6 is 0 Å². The van der Waals surface area contributed by atoms with Crippen LogP contribution in [-0.2, 0) is 16.7 Å². The molecule has 1 aromatic heterocycles. The van der Waals surface area contributed by atoms with Crippen LogP contribution in [-0.4, -0.2) is 18.0 Å². The van der Waals surface area contributed by atoms with Crippen LogP contribution in [0.2, 0.25) is 0 Å². The maximum absolute atomic E-state index is 11.4. The first-order valence-corrected chi connectivity index (χ1v) is 7.31. The van der Waals surface area contributed by atoms with E-state index in [0.717, 1.165) is 11.9 Å². The van der Waals surface area contributed by atoms with Crippen molar-refractivity contribution in [2.24, 2.45) is 5.92 Å². The number of benzene rings is 1. The van der Waals surface area contributed by atoms with Gasteiger partial charge in [0.2, 0.25) is 0 Å². The number of aryl methyl sites for hydroxylation is 1. The molecule has 0 bridgehead atoms. The predicted molar refractivity (Wildman–Crippen MR) is 67.8 cm³/mol. The first kappa shape index (κ1) is 13.0. The molecule has 0 spiro atoms. The van der Waals surface area contributed by atoms with Crippen molar-refractivity contribution in [3.05, 3.63) is 24.3 Å². The number of nitrogens with zero attached hydrogens (tertiary/aromatic N) is 1. The molecule has 0 unspecified atom stereocenters. The zero-order valence-electron chi connectivity index (χ0n) is 10.4. The maximum Gasteiger partial charge on any atom is 0.401 e. The second kappa shape index (κ2) is 4.70. The van der Waals surface area contributed by atoms with Crippen molar-refractivity contribution in [3.8, 4) is 0 Å². The number of H-pyrrole nitrogens is 1. The second-order valence-electron chi connectivity index (χ2n) is 4.76. The molecule has 0 saturated heterocycles. The molecule has 5 nitrogen and oxygen atoms in total. The van der Waals surface area contributed by atoms with Crippen LogP contribution in [0.15, 0.2) is 29.4 Å². The standard InChI is InChI=1S/C12H16N2O3S/c1-9(2)7-8-14-11-6-4-3-5-10(11)13-12(14)18(15,16)17/h3-6,9H,7-8H2,1-2H3,(H,15,16,17)/p+1. The van der Waals surface area contributed by atoms with E-state index in [2.05, 4.69) is 18.8 Å². The minimum Gasteiger partial charge on any atom is -0.276 e. The van der Waals surface area contributed by atoms with E-state index < -0.39 is 10.1 Å². The van der Waals surface area contributed by atoms with Crippen LogP contribution in [0.1, 0.15) is 20.3 Å². The summed E-state index contributed by atoms with van der Waals surface area (Å²) in [4.78, 5) is 2.75. The Morgan fingerprint density at radius 2 is 2.00 bits per heavy atom. The third-order valence-corrected chi connectivity index (χ3v) is 3.67. The van der Waals surface area contributed by atoms with Gasteiger partial charge in [-0.2, -0.15) is 8.42 Å². The molecular formula is C12H17N2O3S+. The van der Waals surface area contributed by atoms with Gasteiger partial charge in [0, 0.05) is 0 Å². The number of hydrogen-bond donors (Lipinski definition) is 2. The zero-order valence-corrected chi connectivity index (χ0v) is 11.2. The van der Waals surface area contributed by atoms with Gasteiger partial charge in [0.25, 0.3) is 0 Å². The average molecular weight is 269 g/mol. The highest BCUT2D eigenvalue weighted by atomic mass is 32.2. The number of aromatic nitrogens is 2. The van der Waals surface area contributed by atoms with Crippen molar-refractivity contribution in [3.63, 3.8) is 0 Å². The molecule has 0 atom stereocenters. The number of nitrogens with one attached hydrogen (secondary N) is 1. The largest absolute Gasteiger partial charge is 0.401 e. The lowest BCUT2D eigenvalue weighted by Gasteiger charge is -2.03. The van der Waals surface area contributed by atoms with Gasteiger partial charge in [0.15, 0.2) is 11.0 Å². The average Bonchev–Trinajstić information content (AvgIpc) is 2.64. The summed E-state index contributed by atoms with van der Waals surface area (Å²) in [5, 5.41) is -0.149. The normalized spacial score (nSPS) is 12.4. The molecule has 18 heavy (non-hydrogen) atoms. The minimum atomic E-state index is -4.24. The highest BCUT2D eigenvalue weighted by Crippen LogP contribution is 2.13. The molecule has 2 N–H and O–H groups in total. The minimum absolute atomic E-state index is 0.149. The summed E-state index contributed by atoms with van der Waals surface area (Å²) >= 11 is 0. The number of imidazole rings is 1. The number of fused-ring (bicyclic) bond motifs is 1. The van der Waals surface area contributed by atoms with E-state index in [1.54, 1.807) is 10.6 Å². The van der Waals surface area contributed by atoms with E-state index in [0.29, 0.717) is 18.0 Å². The van der Waals surface area contributed by atoms with Gasteiger partial charge >= 0.3 is 15.3 Å². The highest BCUT2D eigenvalue weighted by Gasteiger charge is 2.28. The summed E-state index contributed by atoms with van der Waals surface area (Å²) in [5.41, 5.74) is 1.49. The molecule has 0 amide bonds. The van der Waals surface area contributed by atoms with Gasteiger partial charge in [-0.15, -0.1) is 0 Å². The molecule has 1 heterocycles. The molecule has 6 heteroatoms. The van der Waals surface area contributed by atoms with Crippen LogP contribution in [0.3, 0.4) is 0 Å². The van der Waals surface area contributed by atoms with Crippen molar-refractivity contribution in [1.29, 1.82) is 0 Å². The predicted octanol–water partition coefficient (Wildman–Crippen LogP) is 1.75. The Labute approximate surface area is 106 Å². The number of hydrogen-bond acceptors (Lipinski definition) is 2. The van der Waals surface area contributed by atoms with E-state index >= 15 is 0 Å². The first-order valence-electron chi connectivity index (χ1n) is 5.87. The molecule has 98 valence electrons. The quantitative estimate of drug-likeness (QED) is 0.656. The Balaban J connectivity index is 2.58. The molecule has 0 saturated carbocycles. The van der Waals surface area contributed by atoms with E-state index in [1.807, 2.05) is 18.2 Å². The Hall–Kier alpha value is -1.40. The third-order valence-electron chi connectivity index (χ3n) is 2.86. The van der Waals surface area contributed by atoms with Crippen molar-refractivity contribution in [1.82, 2.24) is 4.98 Å².